The molecule has 1 aromatic carbocycles. The molecule has 1 amide bonds. The number of amides is 1. The second-order valence-corrected chi connectivity index (χ2v) is 5.51. The summed E-state index contributed by atoms with van der Waals surface area (Å²) >= 11 is 0. The Morgan fingerprint density at radius 2 is 2.06 bits per heavy atom. The molecule has 1 aromatic rings. The first-order valence-electron chi connectivity index (χ1n) is 6.05. The number of carbonyl (C=O) groups excluding carboxylic acids is 1. The lowest BCUT2D eigenvalue weighted by Crippen LogP contribution is -2.43. The Labute approximate surface area is 103 Å². The zero-order valence-corrected chi connectivity index (χ0v) is 10.7. The Morgan fingerprint density at radius 1 is 1.41 bits per heavy atom. The third-order valence-electron chi connectivity index (χ3n) is 3.53. The fraction of sp³-hybridized carbons (Fsp3) is 0.500. The standard InChI is InChI=1S/C14H20N2O/c1-10-6-4-5-7-12(10)13(17)16-9-11(15)8-14(16,2)3/h4-7,11H,8-9,15H2,1-3H3. The number of nitrogens with zero attached hydrogens (tertiary/aromatic N) is 1. The van der Waals surface area contributed by atoms with Crippen LogP contribution in [0.3, 0.4) is 0 Å². The van der Waals surface area contributed by atoms with E-state index >= 15 is 0 Å². The van der Waals surface area contributed by atoms with Gasteiger partial charge in [0.2, 0.25) is 0 Å². The smallest absolute Gasteiger partial charge is 0.254 e. The molecular weight excluding hydrogens is 212 g/mol. The number of hydrogen-bond acceptors (Lipinski definition) is 2. The van der Waals surface area contributed by atoms with Crippen molar-refractivity contribution in [2.75, 3.05) is 6.54 Å². The van der Waals surface area contributed by atoms with Gasteiger partial charge in [0.25, 0.3) is 5.91 Å². The minimum absolute atomic E-state index is 0.0953. The van der Waals surface area contributed by atoms with Gasteiger partial charge in [-0.1, -0.05) is 18.2 Å². The maximum atomic E-state index is 12.5. The van der Waals surface area contributed by atoms with Crippen LogP contribution >= 0.6 is 0 Å². The number of carbonyl (C=O) groups is 1. The fourth-order valence-electron chi connectivity index (χ4n) is 2.61. The molecule has 1 aliphatic rings. The van der Waals surface area contributed by atoms with E-state index < -0.39 is 0 Å². The molecule has 1 fully saturated rings. The van der Waals surface area contributed by atoms with Gasteiger partial charge < -0.3 is 10.6 Å². The SMILES string of the molecule is Cc1ccccc1C(=O)N1CC(N)CC1(C)C. The number of rotatable bonds is 1. The molecule has 3 nitrogen and oxygen atoms in total. The van der Waals surface area contributed by atoms with Crippen LogP contribution in [0.2, 0.25) is 0 Å². The predicted octanol–water partition coefficient (Wildman–Crippen LogP) is 1.95. The molecule has 17 heavy (non-hydrogen) atoms. The molecule has 1 unspecified atom stereocenters. The van der Waals surface area contributed by atoms with Crippen LogP contribution in [0.25, 0.3) is 0 Å². The first-order chi connectivity index (χ1) is 7.92. The van der Waals surface area contributed by atoms with E-state index in [4.69, 9.17) is 5.73 Å². The van der Waals surface area contributed by atoms with Crippen molar-refractivity contribution in [3.63, 3.8) is 0 Å². The van der Waals surface area contributed by atoms with Gasteiger partial charge in [-0.3, -0.25) is 4.79 Å². The van der Waals surface area contributed by atoms with Crippen LogP contribution in [0, 0.1) is 6.92 Å². The highest BCUT2D eigenvalue weighted by Crippen LogP contribution is 2.29. The minimum atomic E-state index is -0.140. The molecule has 1 atom stereocenters. The quantitative estimate of drug-likeness (QED) is 0.804. The van der Waals surface area contributed by atoms with Crippen molar-refractivity contribution in [3.8, 4) is 0 Å². The summed E-state index contributed by atoms with van der Waals surface area (Å²) in [7, 11) is 0. The lowest BCUT2D eigenvalue weighted by Gasteiger charge is -2.31. The highest BCUT2D eigenvalue weighted by atomic mass is 16.2. The topological polar surface area (TPSA) is 46.3 Å². The Kier molecular flexibility index (Phi) is 2.96. The third-order valence-corrected chi connectivity index (χ3v) is 3.53. The van der Waals surface area contributed by atoms with Crippen LogP contribution in [0.15, 0.2) is 24.3 Å². The molecule has 0 radical (unpaired) electrons. The van der Waals surface area contributed by atoms with E-state index in [2.05, 4.69) is 13.8 Å². The van der Waals surface area contributed by atoms with E-state index in [1.807, 2.05) is 36.1 Å². The van der Waals surface area contributed by atoms with Crippen LogP contribution in [-0.4, -0.2) is 28.9 Å². The monoisotopic (exact) mass is 232 g/mol. The summed E-state index contributed by atoms with van der Waals surface area (Å²) in [6, 6.07) is 7.81. The lowest BCUT2D eigenvalue weighted by atomic mass is 9.99. The Morgan fingerprint density at radius 3 is 2.59 bits per heavy atom. The average Bonchev–Trinajstić information content (AvgIpc) is 2.51. The zero-order chi connectivity index (χ0) is 12.6. The van der Waals surface area contributed by atoms with E-state index in [0.29, 0.717) is 6.54 Å². The molecule has 2 N–H and O–H groups in total. The van der Waals surface area contributed by atoms with E-state index in [9.17, 15) is 4.79 Å². The van der Waals surface area contributed by atoms with Crippen LogP contribution in [0.1, 0.15) is 36.2 Å². The van der Waals surface area contributed by atoms with Crippen molar-refractivity contribution in [1.29, 1.82) is 0 Å². The second-order valence-electron chi connectivity index (χ2n) is 5.51. The Balaban J connectivity index is 2.30. The molecule has 0 saturated carbocycles. The van der Waals surface area contributed by atoms with Crippen molar-refractivity contribution >= 4 is 5.91 Å². The van der Waals surface area contributed by atoms with Gasteiger partial charge >= 0.3 is 0 Å². The molecule has 0 aromatic heterocycles. The number of likely N-dealkylation sites (tertiary alicyclic amines) is 1. The highest BCUT2D eigenvalue weighted by molar-refractivity contribution is 5.96. The van der Waals surface area contributed by atoms with E-state index in [1.165, 1.54) is 0 Å². The summed E-state index contributed by atoms with van der Waals surface area (Å²) in [5.74, 6) is 0.0982. The molecule has 2 rings (SSSR count). The van der Waals surface area contributed by atoms with Gasteiger partial charge in [-0.05, 0) is 38.8 Å². The van der Waals surface area contributed by atoms with Gasteiger partial charge in [0.15, 0.2) is 0 Å². The summed E-state index contributed by atoms with van der Waals surface area (Å²) in [5, 5.41) is 0. The average molecular weight is 232 g/mol. The molecule has 3 heteroatoms. The summed E-state index contributed by atoms with van der Waals surface area (Å²) in [6.45, 7) is 6.78. The third kappa shape index (κ3) is 2.20. The zero-order valence-electron chi connectivity index (χ0n) is 10.7. The van der Waals surface area contributed by atoms with Crippen molar-refractivity contribution in [2.45, 2.75) is 38.8 Å². The molecule has 0 bridgehead atoms. The highest BCUT2D eigenvalue weighted by Gasteiger charge is 2.40. The molecule has 92 valence electrons. The molecule has 1 saturated heterocycles. The van der Waals surface area contributed by atoms with Gasteiger partial charge in [0.1, 0.15) is 0 Å². The number of nitrogens with two attached hydrogens (primary N) is 1. The Hall–Kier alpha value is -1.35. The number of hydrogen-bond donors (Lipinski definition) is 1. The largest absolute Gasteiger partial charge is 0.332 e. The summed E-state index contributed by atoms with van der Waals surface area (Å²) in [4.78, 5) is 14.4. The van der Waals surface area contributed by atoms with Crippen LogP contribution in [0.5, 0.6) is 0 Å². The number of benzene rings is 1. The normalized spacial score (nSPS) is 22.8. The molecule has 0 spiro atoms. The molecular formula is C14H20N2O. The van der Waals surface area contributed by atoms with E-state index in [-0.39, 0.29) is 17.5 Å². The van der Waals surface area contributed by atoms with Gasteiger partial charge in [-0.2, -0.15) is 0 Å². The van der Waals surface area contributed by atoms with Crippen molar-refractivity contribution in [2.24, 2.45) is 5.73 Å². The van der Waals surface area contributed by atoms with Crippen LogP contribution in [0.4, 0.5) is 0 Å². The van der Waals surface area contributed by atoms with Crippen LogP contribution < -0.4 is 5.73 Å². The molecule has 1 aliphatic heterocycles. The van der Waals surface area contributed by atoms with E-state index in [1.54, 1.807) is 0 Å². The van der Waals surface area contributed by atoms with Gasteiger partial charge in [0.05, 0.1) is 0 Å². The molecule has 1 heterocycles. The van der Waals surface area contributed by atoms with Gasteiger partial charge in [0, 0.05) is 23.7 Å². The summed E-state index contributed by atoms with van der Waals surface area (Å²) in [6.07, 6.45) is 0.866. The minimum Gasteiger partial charge on any atom is -0.332 e. The second kappa shape index (κ2) is 4.15. The summed E-state index contributed by atoms with van der Waals surface area (Å²) < 4.78 is 0. The lowest BCUT2D eigenvalue weighted by molar-refractivity contribution is 0.0650. The maximum Gasteiger partial charge on any atom is 0.254 e. The first-order valence-corrected chi connectivity index (χ1v) is 6.05. The Bertz CT molecular complexity index is 440. The van der Waals surface area contributed by atoms with Crippen molar-refractivity contribution in [1.82, 2.24) is 4.90 Å². The molecule has 0 aliphatic carbocycles. The summed E-state index contributed by atoms with van der Waals surface area (Å²) in [5.41, 5.74) is 7.63. The van der Waals surface area contributed by atoms with Gasteiger partial charge in [-0.15, -0.1) is 0 Å². The number of aryl methyl sites for hydroxylation is 1. The van der Waals surface area contributed by atoms with Gasteiger partial charge in [-0.25, -0.2) is 0 Å². The maximum absolute atomic E-state index is 12.5. The van der Waals surface area contributed by atoms with E-state index in [0.717, 1.165) is 17.5 Å². The first kappa shape index (κ1) is 12.1. The predicted molar refractivity (Wildman–Crippen MR) is 68.9 cm³/mol. The van der Waals surface area contributed by atoms with Crippen LogP contribution in [-0.2, 0) is 0 Å². The fourth-order valence-corrected chi connectivity index (χ4v) is 2.61. The van der Waals surface area contributed by atoms with Crippen molar-refractivity contribution in [3.05, 3.63) is 35.4 Å². The van der Waals surface area contributed by atoms with Crippen molar-refractivity contribution < 1.29 is 4.79 Å².